The van der Waals surface area contributed by atoms with Gasteiger partial charge in [0.25, 0.3) is 0 Å². The van der Waals surface area contributed by atoms with Crippen LogP contribution in [0, 0.1) is 0 Å². The third-order valence-corrected chi connectivity index (χ3v) is 6.17. The second-order valence-corrected chi connectivity index (χ2v) is 8.66. The van der Waals surface area contributed by atoms with Crippen molar-refractivity contribution >= 4 is 34.6 Å². The molecule has 2 aromatic rings. The normalized spacial score (nSPS) is 19.1. The lowest BCUT2D eigenvalue weighted by molar-refractivity contribution is -0.149. The highest BCUT2D eigenvalue weighted by Crippen LogP contribution is 2.23. The molecule has 0 aliphatic carbocycles. The molecule has 35 heavy (non-hydrogen) atoms. The van der Waals surface area contributed by atoms with Crippen LogP contribution >= 0.6 is 0 Å². The molecule has 1 aromatic carbocycles. The largest absolute Gasteiger partial charge is 0.480 e. The summed E-state index contributed by atoms with van der Waals surface area (Å²) < 4.78 is 0. The number of H-pyrrole nitrogens is 1. The van der Waals surface area contributed by atoms with Crippen molar-refractivity contribution in [1.29, 1.82) is 0 Å². The van der Waals surface area contributed by atoms with Crippen LogP contribution in [0.4, 0.5) is 0 Å². The smallest absolute Gasteiger partial charge is 0.326 e. The van der Waals surface area contributed by atoms with E-state index in [2.05, 4.69) is 15.6 Å². The van der Waals surface area contributed by atoms with Gasteiger partial charge in [0.15, 0.2) is 0 Å². The number of aromatic nitrogens is 1. The number of carboxylic acid groups (broad SMARTS) is 1. The van der Waals surface area contributed by atoms with Gasteiger partial charge in [-0.25, -0.2) is 4.79 Å². The van der Waals surface area contributed by atoms with Crippen LogP contribution in [0.3, 0.4) is 0 Å². The fourth-order valence-corrected chi connectivity index (χ4v) is 4.16. The van der Waals surface area contributed by atoms with Gasteiger partial charge in [0.1, 0.15) is 24.2 Å². The van der Waals surface area contributed by atoms with Gasteiger partial charge in [0.2, 0.25) is 17.7 Å². The minimum atomic E-state index is -1.43. The number of likely N-dealkylation sites (tertiary alicyclic amines) is 1. The SMILES string of the molecule is CC(O)C(N)C(=O)NC(CO)C(=O)NC(Cc1c[nH]c2ccccc12)C(=O)N1CCCC1C(=O)O. The second-order valence-electron chi connectivity index (χ2n) is 8.66. The zero-order valence-corrected chi connectivity index (χ0v) is 19.3. The lowest BCUT2D eigenvalue weighted by Crippen LogP contribution is -2.59. The number of para-hydroxylation sites is 1. The molecule has 1 fully saturated rings. The number of hydrogen-bond donors (Lipinski definition) is 7. The molecule has 190 valence electrons. The molecule has 3 rings (SSSR count). The van der Waals surface area contributed by atoms with E-state index in [9.17, 15) is 34.5 Å². The number of aromatic amines is 1. The van der Waals surface area contributed by atoms with Gasteiger partial charge in [-0.05, 0) is 31.4 Å². The topological polar surface area (TPSA) is 198 Å². The van der Waals surface area contributed by atoms with Crippen LogP contribution in [-0.2, 0) is 25.6 Å². The van der Waals surface area contributed by atoms with E-state index in [1.54, 1.807) is 6.20 Å². The molecule has 0 radical (unpaired) electrons. The highest BCUT2D eigenvalue weighted by atomic mass is 16.4. The summed E-state index contributed by atoms with van der Waals surface area (Å²) in [5.41, 5.74) is 7.15. The van der Waals surface area contributed by atoms with E-state index in [0.29, 0.717) is 12.8 Å². The Morgan fingerprint density at radius 2 is 1.86 bits per heavy atom. The number of benzene rings is 1. The molecule has 2 heterocycles. The third kappa shape index (κ3) is 5.96. The fraction of sp³-hybridized carbons (Fsp3) is 0.478. The Morgan fingerprint density at radius 1 is 1.17 bits per heavy atom. The summed E-state index contributed by atoms with van der Waals surface area (Å²) in [7, 11) is 0. The summed E-state index contributed by atoms with van der Waals surface area (Å²) in [6.45, 7) is 0.766. The molecule has 5 unspecified atom stereocenters. The Balaban J connectivity index is 1.84. The summed E-state index contributed by atoms with van der Waals surface area (Å²) in [4.78, 5) is 54.5. The van der Waals surface area contributed by atoms with Crippen molar-refractivity contribution in [3.05, 3.63) is 36.0 Å². The first kappa shape index (κ1) is 26.1. The molecular weight excluding hydrogens is 458 g/mol. The highest BCUT2D eigenvalue weighted by Gasteiger charge is 2.38. The van der Waals surface area contributed by atoms with E-state index in [-0.39, 0.29) is 13.0 Å². The third-order valence-electron chi connectivity index (χ3n) is 6.17. The van der Waals surface area contributed by atoms with Crippen molar-refractivity contribution in [3.63, 3.8) is 0 Å². The number of aliphatic hydroxyl groups excluding tert-OH is 2. The Kier molecular flexibility index (Phi) is 8.43. The quantitative estimate of drug-likeness (QED) is 0.208. The first-order valence-electron chi connectivity index (χ1n) is 11.4. The van der Waals surface area contributed by atoms with Crippen LogP contribution < -0.4 is 16.4 Å². The zero-order chi connectivity index (χ0) is 25.7. The number of amides is 3. The fourth-order valence-electron chi connectivity index (χ4n) is 4.16. The molecule has 12 nitrogen and oxygen atoms in total. The number of carbonyl (C=O) groups is 4. The van der Waals surface area contributed by atoms with E-state index in [0.717, 1.165) is 16.5 Å². The monoisotopic (exact) mass is 489 g/mol. The molecule has 3 amide bonds. The maximum absolute atomic E-state index is 13.4. The molecule has 1 saturated heterocycles. The average Bonchev–Trinajstić information content (AvgIpc) is 3.48. The van der Waals surface area contributed by atoms with Crippen molar-refractivity contribution < 1.29 is 34.5 Å². The van der Waals surface area contributed by atoms with Crippen LogP contribution in [0.15, 0.2) is 30.5 Å². The van der Waals surface area contributed by atoms with Crippen molar-refractivity contribution in [2.24, 2.45) is 5.73 Å². The number of fused-ring (bicyclic) bond motifs is 1. The van der Waals surface area contributed by atoms with Crippen LogP contribution in [-0.4, -0.2) is 92.3 Å². The van der Waals surface area contributed by atoms with Crippen LogP contribution in [0.5, 0.6) is 0 Å². The molecule has 8 N–H and O–H groups in total. The second kappa shape index (κ2) is 11.3. The first-order chi connectivity index (χ1) is 16.6. The van der Waals surface area contributed by atoms with Gasteiger partial charge in [0, 0.05) is 30.1 Å². The van der Waals surface area contributed by atoms with Gasteiger partial charge in [-0.1, -0.05) is 18.2 Å². The lowest BCUT2D eigenvalue weighted by Gasteiger charge is -2.28. The molecule has 1 aliphatic heterocycles. The molecule has 0 spiro atoms. The van der Waals surface area contributed by atoms with E-state index in [1.165, 1.54) is 11.8 Å². The van der Waals surface area contributed by atoms with Gasteiger partial charge in [0.05, 0.1) is 12.7 Å². The number of carboxylic acids is 1. The summed E-state index contributed by atoms with van der Waals surface area (Å²) >= 11 is 0. The summed E-state index contributed by atoms with van der Waals surface area (Å²) in [5, 5.41) is 34.4. The van der Waals surface area contributed by atoms with Crippen molar-refractivity contribution in [1.82, 2.24) is 20.5 Å². The predicted molar refractivity (Wildman–Crippen MR) is 125 cm³/mol. The van der Waals surface area contributed by atoms with Crippen molar-refractivity contribution in [2.75, 3.05) is 13.2 Å². The molecule has 0 saturated carbocycles. The maximum atomic E-state index is 13.4. The van der Waals surface area contributed by atoms with Gasteiger partial charge < -0.3 is 41.6 Å². The number of hydrogen-bond acceptors (Lipinski definition) is 7. The minimum absolute atomic E-state index is 0.0523. The maximum Gasteiger partial charge on any atom is 0.326 e. The highest BCUT2D eigenvalue weighted by molar-refractivity contribution is 5.95. The number of nitrogens with zero attached hydrogens (tertiary/aromatic N) is 1. The average molecular weight is 490 g/mol. The molecule has 1 aliphatic rings. The summed E-state index contributed by atoms with van der Waals surface area (Å²) in [6.07, 6.45) is 1.40. The van der Waals surface area contributed by atoms with Gasteiger partial charge in [-0.3, -0.25) is 14.4 Å². The van der Waals surface area contributed by atoms with E-state index in [4.69, 9.17) is 5.73 Å². The Morgan fingerprint density at radius 3 is 2.51 bits per heavy atom. The van der Waals surface area contributed by atoms with Crippen molar-refractivity contribution in [3.8, 4) is 0 Å². The van der Waals surface area contributed by atoms with Gasteiger partial charge in [-0.15, -0.1) is 0 Å². The van der Waals surface area contributed by atoms with Crippen LogP contribution in [0.2, 0.25) is 0 Å². The minimum Gasteiger partial charge on any atom is -0.480 e. The first-order valence-corrected chi connectivity index (χ1v) is 11.4. The number of aliphatic carboxylic acids is 1. The van der Waals surface area contributed by atoms with E-state index >= 15 is 0 Å². The summed E-state index contributed by atoms with van der Waals surface area (Å²) in [5.74, 6) is -3.39. The summed E-state index contributed by atoms with van der Waals surface area (Å²) in [6, 6.07) is 2.49. The van der Waals surface area contributed by atoms with E-state index < -0.39 is 60.6 Å². The number of carbonyl (C=O) groups excluding carboxylic acids is 3. The molecule has 1 aromatic heterocycles. The Bertz CT molecular complexity index is 1090. The number of nitrogens with one attached hydrogen (secondary N) is 3. The molecule has 12 heteroatoms. The Hall–Kier alpha value is -3.48. The van der Waals surface area contributed by atoms with Crippen LogP contribution in [0.25, 0.3) is 10.9 Å². The molecule has 0 bridgehead atoms. The van der Waals surface area contributed by atoms with Gasteiger partial charge in [-0.2, -0.15) is 0 Å². The molecule has 5 atom stereocenters. The van der Waals surface area contributed by atoms with Gasteiger partial charge >= 0.3 is 5.97 Å². The predicted octanol–water partition coefficient (Wildman–Crippen LogP) is -1.54. The van der Waals surface area contributed by atoms with E-state index in [1.807, 2.05) is 24.3 Å². The molecular formula is C23H31N5O7. The standard InChI is InChI=1S/C23H31N5O7/c1-12(30)19(24)21(32)27-17(11-29)20(31)26-16(22(33)28-8-4-7-18(28)23(34)35)9-13-10-25-15-6-3-2-5-14(13)15/h2-3,5-6,10,12,16-19,25,29-30H,4,7-9,11,24H2,1H3,(H,26,31)(H,27,32)(H,34,35). The zero-order valence-electron chi connectivity index (χ0n) is 19.3. The van der Waals surface area contributed by atoms with Crippen molar-refractivity contribution in [2.45, 2.75) is 56.5 Å². The number of nitrogens with two attached hydrogens (primary N) is 1. The van der Waals surface area contributed by atoms with Crippen LogP contribution in [0.1, 0.15) is 25.3 Å². The number of rotatable bonds is 10. The Labute approximate surface area is 201 Å². The lowest BCUT2D eigenvalue weighted by atomic mass is 10.0. The number of aliphatic hydroxyl groups is 2.